The molecular formula is C16H22N2O2. The van der Waals surface area contributed by atoms with Crippen LogP contribution in [0.3, 0.4) is 0 Å². The van der Waals surface area contributed by atoms with Crippen molar-refractivity contribution in [3.05, 3.63) is 29.8 Å². The van der Waals surface area contributed by atoms with E-state index in [1.54, 1.807) is 16.8 Å². The summed E-state index contributed by atoms with van der Waals surface area (Å²) in [6.45, 7) is 2.91. The Labute approximate surface area is 120 Å². The predicted octanol–water partition coefficient (Wildman–Crippen LogP) is 2.22. The van der Waals surface area contributed by atoms with Gasteiger partial charge in [0.1, 0.15) is 6.54 Å². The average Bonchev–Trinajstić information content (AvgIpc) is 2.59. The van der Waals surface area contributed by atoms with Crippen LogP contribution in [0.25, 0.3) is 0 Å². The summed E-state index contributed by atoms with van der Waals surface area (Å²) in [6.07, 6.45) is 3.19. The first-order valence-electron chi connectivity index (χ1n) is 7.25. The van der Waals surface area contributed by atoms with Crippen molar-refractivity contribution in [1.29, 1.82) is 0 Å². The third-order valence-electron chi connectivity index (χ3n) is 3.70. The molecule has 1 aromatic rings. The maximum atomic E-state index is 12.2. The highest BCUT2D eigenvalue weighted by molar-refractivity contribution is 5.99. The zero-order valence-electron chi connectivity index (χ0n) is 12.3. The van der Waals surface area contributed by atoms with E-state index in [0.29, 0.717) is 6.42 Å². The Morgan fingerprint density at radius 2 is 2.05 bits per heavy atom. The molecule has 2 rings (SSSR count). The SMILES string of the molecule is CCCN(C)C(=O)CN1C(=O)CCCc2ccccc21. The fraction of sp³-hybridized carbons (Fsp3) is 0.500. The van der Waals surface area contributed by atoms with E-state index in [1.165, 1.54) is 0 Å². The Morgan fingerprint density at radius 1 is 1.30 bits per heavy atom. The number of aryl methyl sites for hydroxylation is 1. The van der Waals surface area contributed by atoms with Gasteiger partial charge >= 0.3 is 0 Å². The first-order valence-corrected chi connectivity index (χ1v) is 7.25. The molecule has 0 aliphatic carbocycles. The van der Waals surface area contributed by atoms with Crippen LogP contribution in [-0.4, -0.2) is 36.9 Å². The molecule has 2 amide bonds. The number of carbonyl (C=O) groups excluding carboxylic acids is 2. The maximum Gasteiger partial charge on any atom is 0.242 e. The van der Waals surface area contributed by atoms with E-state index in [0.717, 1.165) is 37.1 Å². The van der Waals surface area contributed by atoms with Crippen molar-refractivity contribution in [2.24, 2.45) is 0 Å². The number of benzene rings is 1. The summed E-state index contributed by atoms with van der Waals surface area (Å²) in [7, 11) is 1.79. The Morgan fingerprint density at radius 3 is 2.80 bits per heavy atom. The summed E-state index contributed by atoms with van der Waals surface area (Å²) in [5.41, 5.74) is 2.05. The largest absolute Gasteiger partial charge is 0.344 e. The van der Waals surface area contributed by atoms with Crippen molar-refractivity contribution in [3.63, 3.8) is 0 Å². The molecule has 0 fully saturated rings. The van der Waals surface area contributed by atoms with E-state index in [-0.39, 0.29) is 18.4 Å². The molecule has 0 N–H and O–H groups in total. The number of anilines is 1. The van der Waals surface area contributed by atoms with Crippen molar-refractivity contribution < 1.29 is 9.59 Å². The van der Waals surface area contributed by atoms with Gasteiger partial charge in [0, 0.05) is 25.7 Å². The summed E-state index contributed by atoms with van der Waals surface area (Å²) < 4.78 is 0. The summed E-state index contributed by atoms with van der Waals surface area (Å²) in [6, 6.07) is 7.88. The van der Waals surface area contributed by atoms with E-state index in [2.05, 4.69) is 0 Å². The van der Waals surface area contributed by atoms with Crippen LogP contribution in [0.5, 0.6) is 0 Å². The number of hydrogen-bond donors (Lipinski definition) is 0. The van der Waals surface area contributed by atoms with Gasteiger partial charge in [0.05, 0.1) is 0 Å². The standard InChI is InChI=1S/C16H22N2O2/c1-3-11-17(2)16(20)12-18-14-9-5-4-7-13(14)8-6-10-15(18)19/h4-5,7,9H,3,6,8,10-12H2,1-2H3. The van der Waals surface area contributed by atoms with Crippen LogP contribution in [0.15, 0.2) is 24.3 Å². The zero-order valence-corrected chi connectivity index (χ0v) is 12.3. The van der Waals surface area contributed by atoms with Gasteiger partial charge in [0.15, 0.2) is 0 Å². The minimum atomic E-state index is -0.00287. The first kappa shape index (κ1) is 14.6. The number of rotatable bonds is 4. The molecule has 0 saturated heterocycles. The number of likely N-dealkylation sites (N-methyl/N-ethyl adjacent to an activating group) is 1. The van der Waals surface area contributed by atoms with Gasteiger partial charge in [-0.1, -0.05) is 25.1 Å². The molecule has 1 heterocycles. The molecule has 4 heteroatoms. The Balaban J connectivity index is 2.20. The second kappa shape index (κ2) is 6.55. The Kier molecular flexibility index (Phi) is 4.77. The van der Waals surface area contributed by atoms with Gasteiger partial charge in [-0.05, 0) is 30.9 Å². The summed E-state index contributed by atoms with van der Waals surface area (Å²) in [4.78, 5) is 27.8. The van der Waals surface area contributed by atoms with Crippen molar-refractivity contribution in [3.8, 4) is 0 Å². The van der Waals surface area contributed by atoms with Gasteiger partial charge in [-0.15, -0.1) is 0 Å². The van der Waals surface area contributed by atoms with E-state index in [4.69, 9.17) is 0 Å². The molecular weight excluding hydrogens is 252 g/mol. The van der Waals surface area contributed by atoms with Crippen LogP contribution in [0.1, 0.15) is 31.7 Å². The van der Waals surface area contributed by atoms with Crippen LogP contribution < -0.4 is 4.90 Å². The number of hydrogen-bond acceptors (Lipinski definition) is 2. The molecule has 1 aliphatic rings. The van der Waals surface area contributed by atoms with Gasteiger partial charge in [0.2, 0.25) is 11.8 Å². The lowest BCUT2D eigenvalue weighted by Gasteiger charge is -2.25. The van der Waals surface area contributed by atoms with Gasteiger partial charge in [-0.2, -0.15) is 0 Å². The highest BCUT2D eigenvalue weighted by Crippen LogP contribution is 2.26. The van der Waals surface area contributed by atoms with Crippen LogP contribution >= 0.6 is 0 Å². The normalized spacial score (nSPS) is 14.7. The molecule has 0 unspecified atom stereocenters. The topological polar surface area (TPSA) is 40.6 Å². The lowest BCUT2D eigenvalue weighted by Crippen LogP contribution is -2.41. The average molecular weight is 274 g/mol. The van der Waals surface area contributed by atoms with Gasteiger partial charge < -0.3 is 9.80 Å². The molecule has 0 radical (unpaired) electrons. The molecule has 20 heavy (non-hydrogen) atoms. The van der Waals surface area contributed by atoms with Crippen molar-refractivity contribution >= 4 is 17.5 Å². The van der Waals surface area contributed by atoms with E-state index >= 15 is 0 Å². The van der Waals surface area contributed by atoms with E-state index in [9.17, 15) is 9.59 Å². The molecule has 0 bridgehead atoms. The van der Waals surface area contributed by atoms with Gasteiger partial charge in [0.25, 0.3) is 0 Å². The van der Waals surface area contributed by atoms with Gasteiger partial charge in [-0.25, -0.2) is 0 Å². The first-order chi connectivity index (χ1) is 9.63. The summed E-state index contributed by atoms with van der Waals surface area (Å²) >= 11 is 0. The van der Waals surface area contributed by atoms with E-state index in [1.807, 2.05) is 31.2 Å². The molecule has 4 nitrogen and oxygen atoms in total. The Bertz CT molecular complexity index is 499. The van der Waals surface area contributed by atoms with Crippen LogP contribution in [-0.2, 0) is 16.0 Å². The smallest absolute Gasteiger partial charge is 0.242 e. The van der Waals surface area contributed by atoms with Gasteiger partial charge in [-0.3, -0.25) is 9.59 Å². The molecule has 1 aliphatic heterocycles. The second-order valence-electron chi connectivity index (χ2n) is 5.28. The predicted molar refractivity (Wildman–Crippen MR) is 79.7 cm³/mol. The van der Waals surface area contributed by atoms with Crippen LogP contribution in [0.4, 0.5) is 5.69 Å². The van der Waals surface area contributed by atoms with Crippen LogP contribution in [0.2, 0.25) is 0 Å². The lowest BCUT2D eigenvalue weighted by atomic mass is 10.1. The fourth-order valence-electron chi connectivity index (χ4n) is 2.57. The minimum absolute atomic E-state index is 0.00287. The van der Waals surface area contributed by atoms with Crippen molar-refractivity contribution in [2.45, 2.75) is 32.6 Å². The third-order valence-corrected chi connectivity index (χ3v) is 3.70. The molecule has 108 valence electrons. The third kappa shape index (κ3) is 3.18. The zero-order chi connectivity index (χ0) is 14.5. The Hall–Kier alpha value is -1.84. The summed E-state index contributed by atoms with van der Waals surface area (Å²) in [5, 5.41) is 0. The van der Waals surface area contributed by atoms with Crippen molar-refractivity contribution in [2.75, 3.05) is 25.0 Å². The number of amides is 2. The molecule has 0 spiro atoms. The lowest BCUT2D eigenvalue weighted by molar-refractivity contribution is -0.130. The summed E-state index contributed by atoms with van der Waals surface area (Å²) in [5.74, 6) is 0.0464. The molecule has 0 atom stereocenters. The van der Waals surface area contributed by atoms with Crippen molar-refractivity contribution in [1.82, 2.24) is 4.90 Å². The molecule has 0 aromatic heterocycles. The second-order valence-corrected chi connectivity index (χ2v) is 5.28. The minimum Gasteiger partial charge on any atom is -0.344 e. The number of para-hydroxylation sites is 1. The maximum absolute atomic E-state index is 12.2. The number of carbonyl (C=O) groups is 2. The fourth-order valence-corrected chi connectivity index (χ4v) is 2.57. The van der Waals surface area contributed by atoms with Crippen LogP contribution in [0, 0.1) is 0 Å². The number of nitrogens with zero attached hydrogens (tertiary/aromatic N) is 2. The van der Waals surface area contributed by atoms with E-state index < -0.39 is 0 Å². The quantitative estimate of drug-likeness (QED) is 0.844. The monoisotopic (exact) mass is 274 g/mol. The highest BCUT2D eigenvalue weighted by atomic mass is 16.2. The molecule has 1 aromatic carbocycles. The molecule has 0 saturated carbocycles. The highest BCUT2D eigenvalue weighted by Gasteiger charge is 2.24. The number of fused-ring (bicyclic) bond motifs is 1.